The van der Waals surface area contributed by atoms with Crippen molar-refractivity contribution in [1.82, 2.24) is 0 Å². The van der Waals surface area contributed by atoms with Gasteiger partial charge in [0.2, 0.25) is 0 Å². The third kappa shape index (κ3) is 3.59. The molecule has 0 radical (unpaired) electrons. The summed E-state index contributed by atoms with van der Waals surface area (Å²) in [5.41, 5.74) is 1.58. The fourth-order valence-electron chi connectivity index (χ4n) is 1.49. The minimum atomic E-state index is -0.221. The first kappa shape index (κ1) is 14.1. The molecule has 2 rings (SSSR count). The Labute approximate surface area is 132 Å². The number of benzene rings is 2. The highest BCUT2D eigenvalue weighted by Crippen LogP contribution is 2.23. The average Bonchev–Trinajstić information content (AvgIpc) is 2.30. The molecule has 0 amide bonds. The molecule has 0 spiro atoms. The summed E-state index contributed by atoms with van der Waals surface area (Å²) in [6.45, 7) is 0.441. The summed E-state index contributed by atoms with van der Waals surface area (Å²) in [5.74, 6) is -0.221. The van der Waals surface area contributed by atoms with E-state index in [2.05, 4.69) is 43.8 Å². The van der Waals surface area contributed by atoms with E-state index in [0.29, 0.717) is 17.1 Å². The van der Waals surface area contributed by atoms with Crippen LogP contribution in [0, 0.1) is 9.39 Å². The summed E-state index contributed by atoms with van der Waals surface area (Å²) < 4.78 is 15.4. The molecule has 18 heavy (non-hydrogen) atoms. The van der Waals surface area contributed by atoms with Gasteiger partial charge in [0.05, 0.1) is 0 Å². The van der Waals surface area contributed by atoms with Crippen LogP contribution in [0.1, 0.15) is 5.56 Å². The van der Waals surface area contributed by atoms with Crippen LogP contribution in [0.15, 0.2) is 40.9 Å². The lowest BCUT2D eigenvalue weighted by molar-refractivity contribution is 0.612. The van der Waals surface area contributed by atoms with Crippen molar-refractivity contribution in [3.05, 3.63) is 60.8 Å². The summed E-state index contributed by atoms with van der Waals surface area (Å²) in [6, 6.07) is 10.6. The largest absolute Gasteiger partial charge is 0.380 e. The minimum absolute atomic E-state index is 0.221. The Balaban J connectivity index is 2.11. The molecule has 0 aliphatic carbocycles. The summed E-state index contributed by atoms with van der Waals surface area (Å²) in [5, 5.41) is 3.89. The van der Waals surface area contributed by atoms with Crippen LogP contribution >= 0.6 is 50.1 Å². The lowest BCUT2D eigenvalue weighted by atomic mass is 10.2. The number of hydrogen-bond acceptors (Lipinski definition) is 1. The molecule has 0 unspecified atom stereocenters. The van der Waals surface area contributed by atoms with Gasteiger partial charge in [-0.1, -0.05) is 33.6 Å². The summed E-state index contributed by atoms with van der Waals surface area (Å²) in [4.78, 5) is 0. The van der Waals surface area contributed by atoms with Gasteiger partial charge in [-0.15, -0.1) is 0 Å². The second-order valence-corrected chi connectivity index (χ2v) is 6.23. The molecule has 0 fully saturated rings. The molecule has 1 N–H and O–H groups in total. The molecule has 0 atom stereocenters. The molecule has 1 nitrogen and oxygen atoms in total. The topological polar surface area (TPSA) is 12.0 Å². The zero-order valence-electron chi connectivity index (χ0n) is 9.18. The minimum Gasteiger partial charge on any atom is -0.380 e. The van der Waals surface area contributed by atoms with Crippen LogP contribution in [0.4, 0.5) is 10.1 Å². The van der Waals surface area contributed by atoms with E-state index in [1.165, 1.54) is 6.07 Å². The van der Waals surface area contributed by atoms with Crippen molar-refractivity contribution in [3.63, 3.8) is 0 Å². The molecule has 0 heterocycles. The zero-order chi connectivity index (χ0) is 13.1. The van der Waals surface area contributed by atoms with E-state index in [1.54, 1.807) is 6.07 Å². The van der Waals surface area contributed by atoms with E-state index in [0.717, 1.165) is 13.7 Å². The Morgan fingerprint density at radius 2 is 2.00 bits per heavy atom. The average molecular weight is 440 g/mol. The van der Waals surface area contributed by atoms with Crippen LogP contribution in [0.2, 0.25) is 5.02 Å². The molecule has 0 aliphatic rings. The van der Waals surface area contributed by atoms with Gasteiger partial charge in [-0.05, 0) is 52.9 Å². The van der Waals surface area contributed by atoms with Crippen LogP contribution in [0.3, 0.4) is 0 Å². The van der Waals surface area contributed by atoms with E-state index >= 15 is 0 Å². The van der Waals surface area contributed by atoms with Crippen LogP contribution in [-0.4, -0.2) is 0 Å². The third-order valence-corrected chi connectivity index (χ3v) is 4.04. The molecule has 5 heteroatoms. The monoisotopic (exact) mass is 439 g/mol. The predicted octanol–water partition coefficient (Wildman–Crippen LogP) is 5.46. The number of nitrogens with one attached hydrogen (secondary N) is 1. The van der Waals surface area contributed by atoms with Gasteiger partial charge in [0.1, 0.15) is 5.82 Å². The predicted molar refractivity (Wildman–Crippen MR) is 85.6 cm³/mol. The van der Waals surface area contributed by atoms with Gasteiger partial charge in [-0.2, -0.15) is 0 Å². The number of hydrogen-bond donors (Lipinski definition) is 1. The molecule has 0 aromatic heterocycles. The van der Waals surface area contributed by atoms with Gasteiger partial charge in [0.15, 0.2) is 0 Å². The standard InChI is InChI=1S/C13H9BrClFIN/c14-9-2-1-8(11(16)5-9)7-18-13-4-3-10(15)6-12(13)17/h1-6,18H,7H2. The highest BCUT2D eigenvalue weighted by Gasteiger charge is 2.04. The molecule has 0 bridgehead atoms. The van der Waals surface area contributed by atoms with Gasteiger partial charge in [-0.25, -0.2) is 4.39 Å². The number of halogens is 4. The Hall–Kier alpha value is -0.330. The van der Waals surface area contributed by atoms with E-state index in [-0.39, 0.29) is 5.82 Å². The molecular formula is C13H9BrClFIN. The first-order chi connectivity index (χ1) is 8.56. The third-order valence-electron chi connectivity index (χ3n) is 2.42. The van der Waals surface area contributed by atoms with E-state index in [4.69, 9.17) is 11.6 Å². The lowest BCUT2D eigenvalue weighted by Crippen LogP contribution is -2.03. The van der Waals surface area contributed by atoms with Crippen molar-refractivity contribution in [1.29, 1.82) is 0 Å². The second-order valence-electron chi connectivity index (χ2n) is 3.71. The lowest BCUT2D eigenvalue weighted by Gasteiger charge is -2.10. The van der Waals surface area contributed by atoms with Gasteiger partial charge in [-0.3, -0.25) is 0 Å². The van der Waals surface area contributed by atoms with Crippen LogP contribution in [0.25, 0.3) is 0 Å². The van der Waals surface area contributed by atoms with Gasteiger partial charge in [0.25, 0.3) is 0 Å². The zero-order valence-corrected chi connectivity index (χ0v) is 13.7. The van der Waals surface area contributed by atoms with Crippen LogP contribution in [-0.2, 0) is 6.54 Å². The highest BCUT2D eigenvalue weighted by atomic mass is 127. The van der Waals surface area contributed by atoms with Crippen molar-refractivity contribution in [3.8, 4) is 0 Å². The Morgan fingerprint density at radius 1 is 1.22 bits per heavy atom. The summed E-state index contributed by atoms with van der Waals surface area (Å²) in [7, 11) is 0. The molecule has 94 valence electrons. The van der Waals surface area contributed by atoms with Crippen molar-refractivity contribution < 1.29 is 4.39 Å². The Kier molecular flexibility index (Phi) is 4.86. The normalized spacial score (nSPS) is 10.4. The Morgan fingerprint density at radius 3 is 2.67 bits per heavy atom. The molecule has 0 saturated carbocycles. The fourth-order valence-corrected chi connectivity index (χ4v) is 2.88. The van der Waals surface area contributed by atoms with E-state index < -0.39 is 0 Å². The smallest absolute Gasteiger partial charge is 0.129 e. The molecule has 0 aliphatic heterocycles. The maximum Gasteiger partial charge on any atom is 0.129 e. The maximum atomic E-state index is 13.6. The molecule has 2 aromatic rings. The molecule has 0 saturated heterocycles. The Bertz CT molecular complexity index is 525. The SMILES string of the molecule is Fc1cc(Br)ccc1CNc1ccc(Cl)cc1I. The number of anilines is 1. The van der Waals surface area contributed by atoms with Gasteiger partial charge < -0.3 is 5.32 Å². The first-order valence-electron chi connectivity index (χ1n) is 5.19. The van der Waals surface area contributed by atoms with Gasteiger partial charge >= 0.3 is 0 Å². The maximum absolute atomic E-state index is 13.6. The molecule has 2 aromatic carbocycles. The highest BCUT2D eigenvalue weighted by molar-refractivity contribution is 14.1. The van der Waals surface area contributed by atoms with Crippen molar-refractivity contribution in [2.24, 2.45) is 0 Å². The summed E-state index contributed by atoms with van der Waals surface area (Å²) >= 11 is 11.3. The van der Waals surface area contributed by atoms with Gasteiger partial charge in [0, 0.05) is 30.9 Å². The van der Waals surface area contributed by atoms with Crippen molar-refractivity contribution >= 4 is 55.8 Å². The van der Waals surface area contributed by atoms with Crippen LogP contribution in [0.5, 0.6) is 0 Å². The van der Waals surface area contributed by atoms with E-state index in [9.17, 15) is 4.39 Å². The van der Waals surface area contributed by atoms with Crippen LogP contribution < -0.4 is 5.32 Å². The fraction of sp³-hybridized carbons (Fsp3) is 0.0769. The molecular weight excluding hydrogens is 431 g/mol. The second kappa shape index (κ2) is 6.21. The van der Waals surface area contributed by atoms with Crippen molar-refractivity contribution in [2.75, 3.05) is 5.32 Å². The first-order valence-corrected chi connectivity index (χ1v) is 7.44. The van der Waals surface area contributed by atoms with Crippen molar-refractivity contribution in [2.45, 2.75) is 6.54 Å². The number of rotatable bonds is 3. The van der Waals surface area contributed by atoms with E-state index in [1.807, 2.05) is 24.3 Å². The quantitative estimate of drug-likeness (QED) is 0.625. The summed E-state index contributed by atoms with van der Waals surface area (Å²) in [6.07, 6.45) is 0.